The van der Waals surface area contributed by atoms with Crippen molar-refractivity contribution in [2.24, 2.45) is 0 Å². The molecule has 5 nitrogen and oxygen atoms in total. The highest BCUT2D eigenvalue weighted by atomic mass is 19.1. The van der Waals surface area contributed by atoms with Crippen LogP contribution in [0.15, 0.2) is 48.7 Å². The van der Waals surface area contributed by atoms with Crippen molar-refractivity contribution < 1.29 is 19.1 Å². The summed E-state index contributed by atoms with van der Waals surface area (Å²) in [5.74, 6) is -0.298. The van der Waals surface area contributed by atoms with Crippen molar-refractivity contribution in [3.05, 3.63) is 60.2 Å². The number of hydrogen-bond donors (Lipinski definition) is 2. The number of nitrogens with zero attached hydrogens (tertiary/aromatic N) is 1. The Labute approximate surface area is 121 Å². The molecule has 0 aliphatic carbocycles. The number of benzene rings is 1. The molecule has 1 aromatic heterocycles. The second-order valence-corrected chi connectivity index (χ2v) is 4.24. The van der Waals surface area contributed by atoms with E-state index in [0.717, 1.165) is 5.69 Å². The van der Waals surface area contributed by atoms with Gasteiger partial charge in [-0.1, -0.05) is 0 Å². The fraction of sp³-hybridized carbons (Fsp3) is 0.133. The third kappa shape index (κ3) is 4.47. The van der Waals surface area contributed by atoms with Gasteiger partial charge in [-0.3, -0.25) is 10.0 Å². The first-order chi connectivity index (χ1) is 10.2. The molecule has 1 aromatic carbocycles. The lowest BCUT2D eigenvalue weighted by molar-refractivity contribution is -0.124. The summed E-state index contributed by atoms with van der Waals surface area (Å²) in [6, 6.07) is 9.49. The Morgan fingerprint density at radius 2 is 2.10 bits per heavy atom. The van der Waals surface area contributed by atoms with Crippen LogP contribution in [0, 0.1) is 5.82 Å². The van der Waals surface area contributed by atoms with Gasteiger partial charge >= 0.3 is 0 Å². The van der Waals surface area contributed by atoms with Crippen molar-refractivity contribution in [3.8, 4) is 5.75 Å². The first-order valence-electron chi connectivity index (χ1n) is 6.34. The number of ether oxygens (including phenoxy) is 1. The molecule has 0 spiro atoms. The van der Waals surface area contributed by atoms with Crippen LogP contribution in [0.4, 0.5) is 4.39 Å². The van der Waals surface area contributed by atoms with E-state index in [9.17, 15) is 9.18 Å². The minimum Gasteiger partial charge on any atom is -0.492 e. The molecule has 110 valence electrons. The predicted molar refractivity (Wildman–Crippen MR) is 75.3 cm³/mol. The second-order valence-electron chi connectivity index (χ2n) is 4.24. The normalized spacial score (nSPS) is 10.8. The summed E-state index contributed by atoms with van der Waals surface area (Å²) in [5.41, 5.74) is 2.33. The van der Waals surface area contributed by atoms with Crippen LogP contribution in [0.5, 0.6) is 5.75 Å². The van der Waals surface area contributed by atoms with Crippen molar-refractivity contribution in [1.82, 2.24) is 10.0 Å². The van der Waals surface area contributed by atoms with Gasteiger partial charge in [0.15, 0.2) is 0 Å². The molecule has 1 heterocycles. The van der Waals surface area contributed by atoms with Crippen molar-refractivity contribution in [2.75, 3.05) is 6.61 Å². The standard InChI is InChI=1S/C15H15FN2O3/c16-12-3-6-14(7-4-12)21-11-10-18-9-1-2-13(18)5-8-15(19)17-20/h1-9,20H,10-11H2,(H,17,19). The van der Waals surface area contributed by atoms with E-state index in [2.05, 4.69) is 0 Å². The molecule has 6 heteroatoms. The SMILES string of the molecule is O=C(C=Cc1cccn1CCOc1ccc(F)cc1)NO. The highest BCUT2D eigenvalue weighted by molar-refractivity contribution is 5.90. The summed E-state index contributed by atoms with van der Waals surface area (Å²) >= 11 is 0. The smallest absolute Gasteiger partial charge is 0.267 e. The van der Waals surface area contributed by atoms with E-state index in [1.54, 1.807) is 18.2 Å². The molecule has 0 saturated carbocycles. The fourth-order valence-electron chi connectivity index (χ4n) is 1.77. The van der Waals surface area contributed by atoms with Gasteiger partial charge in [-0.15, -0.1) is 0 Å². The van der Waals surface area contributed by atoms with E-state index in [1.165, 1.54) is 23.7 Å². The highest BCUT2D eigenvalue weighted by Gasteiger charge is 2.00. The highest BCUT2D eigenvalue weighted by Crippen LogP contribution is 2.11. The van der Waals surface area contributed by atoms with Crippen LogP contribution < -0.4 is 10.2 Å². The number of halogens is 1. The van der Waals surface area contributed by atoms with Crippen LogP contribution >= 0.6 is 0 Å². The fourth-order valence-corrected chi connectivity index (χ4v) is 1.77. The van der Waals surface area contributed by atoms with Crippen LogP contribution in [0.1, 0.15) is 5.69 Å². The maximum absolute atomic E-state index is 12.7. The van der Waals surface area contributed by atoms with Gasteiger partial charge in [0.2, 0.25) is 0 Å². The number of carbonyl (C=O) groups excluding carboxylic acids is 1. The van der Waals surface area contributed by atoms with Gasteiger partial charge in [-0.2, -0.15) is 0 Å². The largest absolute Gasteiger partial charge is 0.492 e. The van der Waals surface area contributed by atoms with Crippen molar-refractivity contribution in [2.45, 2.75) is 6.54 Å². The molecule has 0 unspecified atom stereocenters. The summed E-state index contributed by atoms with van der Waals surface area (Å²) in [4.78, 5) is 10.9. The lowest BCUT2D eigenvalue weighted by Crippen LogP contribution is -2.15. The van der Waals surface area contributed by atoms with Crippen molar-refractivity contribution in [1.29, 1.82) is 0 Å². The van der Waals surface area contributed by atoms with E-state index in [0.29, 0.717) is 18.9 Å². The van der Waals surface area contributed by atoms with E-state index >= 15 is 0 Å². The molecule has 0 bridgehead atoms. The molecule has 0 saturated heterocycles. The van der Waals surface area contributed by atoms with Crippen LogP contribution in [-0.4, -0.2) is 22.3 Å². The zero-order chi connectivity index (χ0) is 15.1. The summed E-state index contributed by atoms with van der Waals surface area (Å²) in [5, 5.41) is 8.42. The maximum Gasteiger partial charge on any atom is 0.267 e. The number of amides is 1. The van der Waals surface area contributed by atoms with Crippen LogP contribution in [0.25, 0.3) is 6.08 Å². The van der Waals surface area contributed by atoms with Gasteiger partial charge in [0, 0.05) is 18.0 Å². The Hall–Kier alpha value is -2.60. The van der Waals surface area contributed by atoms with Crippen LogP contribution in [0.3, 0.4) is 0 Å². The van der Waals surface area contributed by atoms with E-state index in [1.807, 2.05) is 22.9 Å². The van der Waals surface area contributed by atoms with Gasteiger partial charge in [0.25, 0.3) is 5.91 Å². The minimum atomic E-state index is -0.592. The molecule has 1 amide bonds. The van der Waals surface area contributed by atoms with Crippen LogP contribution in [0.2, 0.25) is 0 Å². The number of rotatable bonds is 6. The minimum absolute atomic E-state index is 0.303. The number of hydrogen-bond acceptors (Lipinski definition) is 3. The first-order valence-corrected chi connectivity index (χ1v) is 6.34. The summed E-state index contributed by atoms with van der Waals surface area (Å²) in [6.07, 6.45) is 4.67. The van der Waals surface area contributed by atoms with Gasteiger partial charge in [0.05, 0.1) is 6.54 Å². The molecule has 0 fully saturated rings. The molecule has 2 N–H and O–H groups in total. The zero-order valence-electron chi connectivity index (χ0n) is 11.2. The van der Waals surface area contributed by atoms with Crippen LogP contribution in [-0.2, 0) is 11.3 Å². The van der Waals surface area contributed by atoms with E-state index in [-0.39, 0.29) is 5.82 Å². The number of carbonyl (C=O) groups is 1. The molecule has 2 rings (SSSR count). The Morgan fingerprint density at radius 1 is 1.33 bits per heavy atom. The molecule has 0 atom stereocenters. The Kier molecular flexibility index (Phi) is 5.11. The van der Waals surface area contributed by atoms with E-state index < -0.39 is 5.91 Å². The van der Waals surface area contributed by atoms with E-state index in [4.69, 9.17) is 9.94 Å². The third-order valence-corrected chi connectivity index (χ3v) is 2.79. The third-order valence-electron chi connectivity index (χ3n) is 2.79. The molecule has 21 heavy (non-hydrogen) atoms. The molecular formula is C15H15FN2O3. The lowest BCUT2D eigenvalue weighted by atomic mass is 10.3. The molecule has 0 aliphatic heterocycles. The maximum atomic E-state index is 12.7. The van der Waals surface area contributed by atoms with Crippen molar-refractivity contribution >= 4 is 12.0 Å². The quantitative estimate of drug-likeness (QED) is 0.487. The molecule has 2 aromatic rings. The average Bonchev–Trinajstić information content (AvgIpc) is 2.94. The average molecular weight is 290 g/mol. The number of nitrogens with one attached hydrogen (secondary N) is 1. The lowest BCUT2D eigenvalue weighted by Gasteiger charge is -2.09. The van der Waals surface area contributed by atoms with Gasteiger partial charge < -0.3 is 9.30 Å². The number of hydroxylamine groups is 1. The van der Waals surface area contributed by atoms with Gasteiger partial charge in [0.1, 0.15) is 18.2 Å². The number of aromatic nitrogens is 1. The molecule has 0 radical (unpaired) electrons. The Bertz CT molecular complexity index is 620. The summed E-state index contributed by atoms with van der Waals surface area (Å²) < 4.78 is 20.1. The van der Waals surface area contributed by atoms with Crippen molar-refractivity contribution in [3.63, 3.8) is 0 Å². The zero-order valence-corrected chi connectivity index (χ0v) is 11.2. The monoisotopic (exact) mass is 290 g/mol. The predicted octanol–water partition coefficient (Wildman–Crippen LogP) is 2.22. The summed E-state index contributed by atoms with van der Waals surface area (Å²) in [6.45, 7) is 0.984. The van der Waals surface area contributed by atoms with Gasteiger partial charge in [-0.25, -0.2) is 9.87 Å². The molecule has 0 aliphatic rings. The summed E-state index contributed by atoms with van der Waals surface area (Å²) in [7, 11) is 0. The Balaban J connectivity index is 1.89. The topological polar surface area (TPSA) is 63.5 Å². The Morgan fingerprint density at radius 3 is 2.81 bits per heavy atom. The second kappa shape index (κ2) is 7.25. The first kappa shape index (κ1) is 14.8. The molecular weight excluding hydrogens is 275 g/mol. The van der Waals surface area contributed by atoms with Gasteiger partial charge in [-0.05, 0) is 42.5 Å².